The van der Waals surface area contributed by atoms with Crippen molar-refractivity contribution in [2.24, 2.45) is 0 Å². The Balaban J connectivity index is 2.50. The minimum absolute atomic E-state index is 0.0653. The lowest BCUT2D eigenvalue weighted by Crippen LogP contribution is -2.27. The maximum Gasteiger partial charge on any atom is 0.219 e. The molecule has 0 aromatic heterocycles. The molecule has 0 saturated carbocycles. The maximum atomic E-state index is 11.0. The lowest BCUT2D eigenvalue weighted by atomic mass is 10.1. The fourth-order valence-electron chi connectivity index (χ4n) is 1.17. The third kappa shape index (κ3) is 3.59. The molecule has 1 amide bonds. The van der Waals surface area contributed by atoms with Crippen molar-refractivity contribution in [1.29, 1.82) is 0 Å². The van der Waals surface area contributed by atoms with Gasteiger partial charge in [-0.25, -0.2) is 0 Å². The molecule has 15 heavy (non-hydrogen) atoms. The second kappa shape index (κ2) is 5.36. The average Bonchev–Trinajstić information content (AvgIpc) is 2.26. The number of aliphatic hydroxyl groups is 1. The second-order valence-electron chi connectivity index (χ2n) is 3.34. The Kier molecular flexibility index (Phi) is 4.12. The Hall–Kier alpha value is -1.55. The van der Waals surface area contributed by atoms with E-state index in [1.807, 2.05) is 0 Å². The number of hydrogen-bond acceptors (Lipinski definition) is 3. The number of amides is 1. The number of carbonyl (C=O) groups excluding carboxylic acids is 1. The molecule has 1 aromatic carbocycles. The van der Waals surface area contributed by atoms with Crippen molar-refractivity contribution in [3.63, 3.8) is 0 Å². The number of rotatable bonds is 4. The van der Waals surface area contributed by atoms with Crippen LogP contribution in [0.4, 0.5) is 5.69 Å². The molecule has 0 aliphatic carbocycles. The van der Waals surface area contributed by atoms with E-state index in [-0.39, 0.29) is 12.5 Å². The second-order valence-corrected chi connectivity index (χ2v) is 3.34. The summed E-state index contributed by atoms with van der Waals surface area (Å²) in [6.45, 7) is 2.00. The van der Waals surface area contributed by atoms with E-state index in [9.17, 15) is 9.90 Å². The van der Waals surface area contributed by atoms with E-state index in [1.165, 1.54) is 0 Å². The van der Waals surface area contributed by atoms with Gasteiger partial charge < -0.3 is 16.2 Å². The third-order valence-corrected chi connectivity index (χ3v) is 2.13. The zero-order chi connectivity index (χ0) is 11.3. The molecule has 1 aromatic rings. The highest BCUT2D eigenvalue weighted by Crippen LogP contribution is 2.13. The minimum Gasteiger partial charge on any atom is -0.399 e. The zero-order valence-electron chi connectivity index (χ0n) is 8.73. The van der Waals surface area contributed by atoms with Gasteiger partial charge in [-0.05, 0) is 17.7 Å². The lowest BCUT2D eigenvalue weighted by Gasteiger charge is -2.11. The number of benzene rings is 1. The highest BCUT2D eigenvalue weighted by Gasteiger charge is 2.07. The molecule has 1 rings (SSSR count). The summed E-state index contributed by atoms with van der Waals surface area (Å²) in [7, 11) is 0. The molecule has 0 aliphatic rings. The van der Waals surface area contributed by atoms with Crippen LogP contribution in [0.15, 0.2) is 24.3 Å². The van der Waals surface area contributed by atoms with Crippen LogP contribution >= 0.6 is 0 Å². The predicted molar refractivity (Wildman–Crippen MR) is 59.1 cm³/mol. The molecule has 0 spiro atoms. The first-order valence-corrected chi connectivity index (χ1v) is 4.93. The first kappa shape index (κ1) is 11.5. The standard InChI is InChI=1S/C11H16N2O2/c1-2-11(15)13-7-10(14)8-3-5-9(12)6-4-8/h3-6,10,14H,2,7,12H2,1H3,(H,13,15). The van der Waals surface area contributed by atoms with Crippen LogP contribution in [0.25, 0.3) is 0 Å². The van der Waals surface area contributed by atoms with Gasteiger partial charge in [0.1, 0.15) is 0 Å². The number of nitrogen functional groups attached to an aromatic ring is 1. The molecule has 82 valence electrons. The Morgan fingerprint density at radius 3 is 2.60 bits per heavy atom. The zero-order valence-corrected chi connectivity index (χ0v) is 8.73. The number of carbonyl (C=O) groups is 1. The van der Waals surface area contributed by atoms with E-state index in [4.69, 9.17) is 5.73 Å². The van der Waals surface area contributed by atoms with E-state index < -0.39 is 6.10 Å². The number of anilines is 1. The van der Waals surface area contributed by atoms with Crippen LogP contribution in [0.3, 0.4) is 0 Å². The molecule has 0 heterocycles. The minimum atomic E-state index is -0.680. The molecule has 1 atom stereocenters. The van der Waals surface area contributed by atoms with E-state index in [0.717, 1.165) is 5.56 Å². The number of hydrogen-bond donors (Lipinski definition) is 3. The van der Waals surface area contributed by atoms with Gasteiger partial charge in [0, 0.05) is 18.7 Å². The summed E-state index contributed by atoms with van der Waals surface area (Å²) >= 11 is 0. The number of nitrogens with two attached hydrogens (primary N) is 1. The van der Waals surface area contributed by atoms with Crippen molar-refractivity contribution in [2.75, 3.05) is 12.3 Å². The average molecular weight is 208 g/mol. The molecule has 4 heteroatoms. The summed E-state index contributed by atoms with van der Waals surface area (Å²) in [5.74, 6) is -0.0653. The molecule has 0 saturated heterocycles. The van der Waals surface area contributed by atoms with Crippen molar-refractivity contribution in [3.8, 4) is 0 Å². The Morgan fingerprint density at radius 2 is 2.07 bits per heavy atom. The molecule has 0 fully saturated rings. The van der Waals surface area contributed by atoms with E-state index in [0.29, 0.717) is 12.1 Å². The largest absolute Gasteiger partial charge is 0.399 e. The predicted octanol–water partition coefficient (Wildman–Crippen LogP) is 0.828. The summed E-state index contributed by atoms with van der Waals surface area (Å²) in [5, 5.41) is 12.3. The Morgan fingerprint density at radius 1 is 1.47 bits per heavy atom. The van der Waals surface area contributed by atoms with Crippen molar-refractivity contribution >= 4 is 11.6 Å². The van der Waals surface area contributed by atoms with E-state index >= 15 is 0 Å². The summed E-state index contributed by atoms with van der Waals surface area (Å²) in [4.78, 5) is 11.0. The smallest absolute Gasteiger partial charge is 0.219 e. The number of nitrogens with one attached hydrogen (secondary N) is 1. The van der Waals surface area contributed by atoms with E-state index in [1.54, 1.807) is 31.2 Å². The third-order valence-electron chi connectivity index (χ3n) is 2.13. The first-order valence-electron chi connectivity index (χ1n) is 4.93. The topological polar surface area (TPSA) is 75.3 Å². The quantitative estimate of drug-likeness (QED) is 0.641. The van der Waals surface area contributed by atoms with Crippen LogP contribution in [0.5, 0.6) is 0 Å². The highest BCUT2D eigenvalue weighted by atomic mass is 16.3. The molecular weight excluding hydrogens is 192 g/mol. The van der Waals surface area contributed by atoms with Crippen LogP contribution in [0.2, 0.25) is 0 Å². The van der Waals surface area contributed by atoms with Gasteiger partial charge in [-0.1, -0.05) is 19.1 Å². The summed E-state index contributed by atoms with van der Waals surface area (Å²) in [5.41, 5.74) is 6.93. The normalized spacial score (nSPS) is 12.1. The van der Waals surface area contributed by atoms with Crippen molar-refractivity contribution in [2.45, 2.75) is 19.4 Å². The van der Waals surface area contributed by atoms with Crippen LogP contribution < -0.4 is 11.1 Å². The lowest BCUT2D eigenvalue weighted by molar-refractivity contribution is -0.121. The first-order chi connectivity index (χ1) is 7.13. The maximum absolute atomic E-state index is 11.0. The van der Waals surface area contributed by atoms with Crippen molar-refractivity contribution in [1.82, 2.24) is 5.32 Å². The van der Waals surface area contributed by atoms with Crippen molar-refractivity contribution in [3.05, 3.63) is 29.8 Å². The van der Waals surface area contributed by atoms with Gasteiger partial charge in [0.15, 0.2) is 0 Å². The fourth-order valence-corrected chi connectivity index (χ4v) is 1.17. The van der Waals surface area contributed by atoms with Crippen LogP contribution in [-0.2, 0) is 4.79 Å². The van der Waals surface area contributed by atoms with Crippen LogP contribution in [-0.4, -0.2) is 17.6 Å². The van der Waals surface area contributed by atoms with Gasteiger partial charge in [0.25, 0.3) is 0 Å². The van der Waals surface area contributed by atoms with Gasteiger partial charge >= 0.3 is 0 Å². The molecule has 1 unspecified atom stereocenters. The van der Waals surface area contributed by atoms with Crippen LogP contribution in [0, 0.1) is 0 Å². The molecule has 0 bridgehead atoms. The van der Waals surface area contributed by atoms with Gasteiger partial charge in [-0.2, -0.15) is 0 Å². The Labute approximate surface area is 89.1 Å². The highest BCUT2D eigenvalue weighted by molar-refractivity contribution is 5.75. The Bertz CT molecular complexity index is 322. The summed E-state index contributed by atoms with van der Waals surface area (Å²) < 4.78 is 0. The molecule has 0 aliphatic heterocycles. The van der Waals surface area contributed by atoms with Crippen LogP contribution in [0.1, 0.15) is 25.0 Å². The number of aliphatic hydroxyl groups excluding tert-OH is 1. The molecule has 4 N–H and O–H groups in total. The fraction of sp³-hybridized carbons (Fsp3) is 0.364. The van der Waals surface area contributed by atoms with E-state index in [2.05, 4.69) is 5.32 Å². The molecule has 4 nitrogen and oxygen atoms in total. The van der Waals surface area contributed by atoms with Gasteiger partial charge in [0.2, 0.25) is 5.91 Å². The summed E-state index contributed by atoms with van der Waals surface area (Å²) in [6.07, 6.45) is -0.254. The monoisotopic (exact) mass is 208 g/mol. The summed E-state index contributed by atoms with van der Waals surface area (Å²) in [6, 6.07) is 6.94. The van der Waals surface area contributed by atoms with Crippen molar-refractivity contribution < 1.29 is 9.90 Å². The van der Waals surface area contributed by atoms with Gasteiger partial charge in [-0.3, -0.25) is 4.79 Å². The SMILES string of the molecule is CCC(=O)NCC(O)c1ccc(N)cc1. The van der Waals surface area contributed by atoms with Gasteiger partial charge in [-0.15, -0.1) is 0 Å². The molecular formula is C11H16N2O2. The molecule has 0 radical (unpaired) electrons. The van der Waals surface area contributed by atoms with Gasteiger partial charge in [0.05, 0.1) is 6.10 Å².